The minimum atomic E-state index is -1.68. The predicted molar refractivity (Wildman–Crippen MR) is 87.8 cm³/mol. The van der Waals surface area contributed by atoms with Gasteiger partial charge >= 0.3 is 0 Å². The van der Waals surface area contributed by atoms with Gasteiger partial charge in [-0.05, 0) is 30.1 Å². The van der Waals surface area contributed by atoms with E-state index in [0.717, 1.165) is 6.42 Å². The minimum absolute atomic E-state index is 0.223. The molecule has 0 aliphatic heterocycles. The zero-order valence-corrected chi connectivity index (χ0v) is 14.2. The molecule has 1 unspecified atom stereocenters. The Morgan fingerprint density at radius 2 is 1.74 bits per heavy atom. The highest BCUT2D eigenvalue weighted by Crippen LogP contribution is 2.37. The first-order valence-electron chi connectivity index (χ1n) is 7.17. The Morgan fingerprint density at radius 1 is 1.16 bits per heavy atom. The zero-order chi connectivity index (χ0) is 14.5. The van der Waals surface area contributed by atoms with Crippen LogP contribution in [-0.4, -0.2) is 14.4 Å². The van der Waals surface area contributed by atoms with Gasteiger partial charge in [0, 0.05) is 0 Å². The Labute approximate surface area is 119 Å². The molecular formula is C17H28OSi. The van der Waals surface area contributed by atoms with Gasteiger partial charge in [0.1, 0.15) is 0 Å². The van der Waals surface area contributed by atoms with Crippen molar-refractivity contribution in [1.29, 1.82) is 0 Å². The van der Waals surface area contributed by atoms with E-state index in [4.69, 9.17) is 4.43 Å². The van der Waals surface area contributed by atoms with Gasteiger partial charge in [-0.15, -0.1) is 0 Å². The lowest BCUT2D eigenvalue weighted by Gasteiger charge is -2.38. The van der Waals surface area contributed by atoms with E-state index in [0.29, 0.717) is 0 Å². The molecule has 19 heavy (non-hydrogen) atoms. The molecule has 1 atom stereocenters. The van der Waals surface area contributed by atoms with Crippen LogP contribution >= 0.6 is 0 Å². The maximum absolute atomic E-state index is 6.43. The molecule has 0 spiro atoms. The Hall–Kier alpha value is -0.863. The lowest BCUT2D eigenvalue weighted by molar-refractivity contribution is 0.221. The van der Waals surface area contributed by atoms with Crippen LogP contribution in [0.2, 0.25) is 18.1 Å². The molecule has 0 radical (unpaired) electrons. The van der Waals surface area contributed by atoms with E-state index >= 15 is 0 Å². The van der Waals surface area contributed by atoms with Crippen LogP contribution in [0.4, 0.5) is 0 Å². The molecule has 106 valence electrons. The van der Waals surface area contributed by atoms with Gasteiger partial charge in [-0.25, -0.2) is 0 Å². The summed E-state index contributed by atoms with van der Waals surface area (Å²) in [6.45, 7) is 13.7. The van der Waals surface area contributed by atoms with Crippen LogP contribution in [0.1, 0.15) is 39.7 Å². The van der Waals surface area contributed by atoms with Crippen molar-refractivity contribution in [3.63, 3.8) is 0 Å². The third kappa shape index (κ3) is 4.96. The lowest BCUT2D eigenvalue weighted by Crippen LogP contribution is -2.43. The first-order valence-corrected chi connectivity index (χ1v) is 10.1. The molecule has 1 nitrogen and oxygen atoms in total. The Balaban J connectivity index is 2.72. The molecule has 0 aliphatic carbocycles. The molecule has 0 N–H and O–H groups in total. The van der Waals surface area contributed by atoms with Crippen molar-refractivity contribution in [2.45, 2.75) is 58.4 Å². The molecule has 2 heteroatoms. The van der Waals surface area contributed by atoms with E-state index in [-0.39, 0.29) is 11.1 Å². The summed E-state index contributed by atoms with van der Waals surface area (Å²) in [6.07, 6.45) is 5.62. The summed E-state index contributed by atoms with van der Waals surface area (Å²) in [5.41, 5.74) is 1.24. The zero-order valence-electron chi connectivity index (χ0n) is 13.2. The van der Waals surface area contributed by atoms with Crippen molar-refractivity contribution in [3.8, 4) is 0 Å². The minimum Gasteiger partial charge on any atom is -0.411 e. The highest BCUT2D eigenvalue weighted by Gasteiger charge is 2.38. The van der Waals surface area contributed by atoms with E-state index in [1.165, 1.54) is 5.56 Å². The molecule has 1 aromatic rings. The third-order valence-electron chi connectivity index (χ3n) is 3.96. The Kier molecular flexibility index (Phi) is 5.57. The van der Waals surface area contributed by atoms with Gasteiger partial charge in [0.05, 0.1) is 6.10 Å². The van der Waals surface area contributed by atoms with Gasteiger partial charge in [0.2, 0.25) is 0 Å². The summed E-state index contributed by atoms with van der Waals surface area (Å²) in [5, 5.41) is 0.265. The van der Waals surface area contributed by atoms with Gasteiger partial charge < -0.3 is 4.43 Å². The van der Waals surface area contributed by atoms with Gasteiger partial charge in [0.25, 0.3) is 0 Å². The first kappa shape index (κ1) is 16.2. The smallest absolute Gasteiger partial charge is 0.192 e. The molecule has 0 bridgehead atoms. The second kappa shape index (κ2) is 6.53. The van der Waals surface area contributed by atoms with Crippen LogP contribution in [0.3, 0.4) is 0 Å². The predicted octanol–water partition coefficient (Wildman–Crippen LogP) is 5.50. The van der Waals surface area contributed by atoms with Crippen LogP contribution in [0.25, 0.3) is 6.08 Å². The van der Waals surface area contributed by atoms with Crippen molar-refractivity contribution < 1.29 is 4.43 Å². The monoisotopic (exact) mass is 276 g/mol. The fourth-order valence-corrected chi connectivity index (χ4v) is 2.95. The van der Waals surface area contributed by atoms with Crippen molar-refractivity contribution in [2.24, 2.45) is 0 Å². The van der Waals surface area contributed by atoms with Gasteiger partial charge in [-0.2, -0.15) is 0 Å². The molecule has 0 aliphatic rings. The van der Waals surface area contributed by atoms with Crippen molar-refractivity contribution in [3.05, 3.63) is 42.0 Å². The normalized spacial score (nSPS) is 14.8. The second-order valence-corrected chi connectivity index (χ2v) is 11.4. The van der Waals surface area contributed by atoms with Crippen LogP contribution in [0, 0.1) is 0 Å². The quantitative estimate of drug-likeness (QED) is 0.645. The maximum atomic E-state index is 6.43. The fraction of sp³-hybridized carbons (Fsp3) is 0.529. The standard InChI is InChI=1S/C17H28OSi/c1-7-16(18-19(5,6)17(2,3)4)14-13-15-11-9-8-10-12-15/h8-14,16H,7H2,1-6H3. The van der Waals surface area contributed by atoms with Crippen LogP contribution < -0.4 is 0 Å². The van der Waals surface area contributed by atoms with Crippen LogP contribution in [0.15, 0.2) is 36.4 Å². The number of hydrogen-bond acceptors (Lipinski definition) is 1. The summed E-state index contributed by atoms with van der Waals surface area (Å²) in [6, 6.07) is 10.4. The summed E-state index contributed by atoms with van der Waals surface area (Å²) in [7, 11) is -1.68. The molecule has 1 rings (SSSR count). The van der Waals surface area contributed by atoms with Gasteiger partial charge in [-0.3, -0.25) is 0 Å². The van der Waals surface area contributed by atoms with Crippen molar-refractivity contribution in [2.75, 3.05) is 0 Å². The molecule has 0 amide bonds. The summed E-state index contributed by atoms with van der Waals surface area (Å²) in [4.78, 5) is 0. The van der Waals surface area contributed by atoms with E-state index in [9.17, 15) is 0 Å². The molecule has 0 fully saturated rings. The average Bonchev–Trinajstić information content (AvgIpc) is 2.34. The lowest BCUT2D eigenvalue weighted by atomic mass is 10.2. The van der Waals surface area contributed by atoms with Crippen molar-refractivity contribution >= 4 is 14.4 Å². The highest BCUT2D eigenvalue weighted by molar-refractivity contribution is 6.74. The van der Waals surface area contributed by atoms with Crippen LogP contribution in [0.5, 0.6) is 0 Å². The van der Waals surface area contributed by atoms with Crippen LogP contribution in [-0.2, 0) is 4.43 Å². The Morgan fingerprint density at radius 3 is 2.21 bits per heavy atom. The average molecular weight is 276 g/mol. The molecule has 1 aromatic carbocycles. The second-order valence-electron chi connectivity index (χ2n) is 6.59. The maximum Gasteiger partial charge on any atom is 0.192 e. The van der Waals surface area contributed by atoms with Crippen molar-refractivity contribution in [1.82, 2.24) is 0 Å². The van der Waals surface area contributed by atoms with E-state index in [1.807, 2.05) is 6.07 Å². The number of benzene rings is 1. The first-order chi connectivity index (χ1) is 8.76. The fourth-order valence-electron chi connectivity index (χ4n) is 1.60. The summed E-state index contributed by atoms with van der Waals surface area (Å²) in [5.74, 6) is 0. The number of hydrogen-bond donors (Lipinski definition) is 0. The molecule has 0 saturated heterocycles. The van der Waals surface area contributed by atoms with Gasteiger partial charge in [0.15, 0.2) is 8.32 Å². The SMILES string of the molecule is CCC(C=Cc1ccccc1)O[Si](C)(C)C(C)(C)C. The third-order valence-corrected chi connectivity index (χ3v) is 8.46. The van der Waals surface area contributed by atoms with Gasteiger partial charge in [-0.1, -0.05) is 70.2 Å². The van der Waals surface area contributed by atoms with E-state index in [2.05, 4.69) is 77.2 Å². The molecular weight excluding hydrogens is 248 g/mol. The van der Waals surface area contributed by atoms with E-state index in [1.54, 1.807) is 0 Å². The highest BCUT2D eigenvalue weighted by atomic mass is 28.4. The van der Waals surface area contributed by atoms with E-state index < -0.39 is 8.32 Å². The summed E-state index contributed by atoms with van der Waals surface area (Å²) < 4.78 is 6.43. The molecule has 0 heterocycles. The molecule has 0 aromatic heterocycles. The Bertz CT molecular complexity index is 401. The number of rotatable bonds is 5. The largest absolute Gasteiger partial charge is 0.411 e. The summed E-state index contributed by atoms with van der Waals surface area (Å²) >= 11 is 0. The topological polar surface area (TPSA) is 9.23 Å². The molecule has 0 saturated carbocycles.